The summed E-state index contributed by atoms with van der Waals surface area (Å²) in [6.45, 7) is 0.289. The van der Waals surface area contributed by atoms with Gasteiger partial charge in [0, 0.05) is 13.0 Å². The van der Waals surface area contributed by atoms with E-state index in [1.54, 1.807) is 12.1 Å². The minimum Gasteiger partial charge on any atom is -0.482 e. The third-order valence-electron chi connectivity index (χ3n) is 4.22. The summed E-state index contributed by atoms with van der Waals surface area (Å²) in [6.07, 6.45) is 7.61. The van der Waals surface area contributed by atoms with Crippen LogP contribution < -0.4 is 10.1 Å². The molecule has 0 atom stereocenters. The molecule has 5 heteroatoms. The van der Waals surface area contributed by atoms with Crippen molar-refractivity contribution in [2.75, 3.05) is 13.2 Å². The minimum absolute atomic E-state index is 0.151. The Morgan fingerprint density at radius 2 is 1.83 bits per heavy atom. The fourth-order valence-electron chi connectivity index (χ4n) is 2.97. The number of carboxylic acid groups (broad SMARTS) is 1. The van der Waals surface area contributed by atoms with Gasteiger partial charge >= 0.3 is 5.97 Å². The summed E-state index contributed by atoms with van der Waals surface area (Å²) >= 11 is 0. The number of hydrogen-bond donors (Lipinski definition) is 2. The highest BCUT2D eigenvalue weighted by Crippen LogP contribution is 2.26. The lowest BCUT2D eigenvalue weighted by molar-refractivity contribution is -0.139. The van der Waals surface area contributed by atoms with E-state index < -0.39 is 5.97 Å². The number of carboxylic acids is 1. The summed E-state index contributed by atoms with van der Waals surface area (Å²) in [7, 11) is 0. The first-order valence-corrected chi connectivity index (χ1v) is 8.33. The van der Waals surface area contributed by atoms with Crippen molar-refractivity contribution in [3.8, 4) is 5.75 Å². The summed E-state index contributed by atoms with van der Waals surface area (Å²) < 4.78 is 5.08. The van der Waals surface area contributed by atoms with Crippen LogP contribution in [0.25, 0.3) is 0 Å². The highest BCUT2D eigenvalue weighted by molar-refractivity contribution is 5.76. The molecule has 0 spiro atoms. The molecule has 1 aromatic carbocycles. The Balaban J connectivity index is 1.65. The largest absolute Gasteiger partial charge is 0.482 e. The summed E-state index contributed by atoms with van der Waals surface area (Å²) in [5.74, 6) is 0.264. The van der Waals surface area contributed by atoms with E-state index in [9.17, 15) is 9.59 Å². The maximum atomic E-state index is 11.9. The molecule has 1 saturated carbocycles. The van der Waals surface area contributed by atoms with Gasteiger partial charge in [-0.15, -0.1) is 0 Å². The van der Waals surface area contributed by atoms with Gasteiger partial charge in [-0.1, -0.05) is 31.4 Å². The Hall–Kier alpha value is -2.04. The molecule has 1 aliphatic carbocycles. The second-order valence-corrected chi connectivity index (χ2v) is 6.13. The maximum absolute atomic E-state index is 11.9. The van der Waals surface area contributed by atoms with E-state index in [1.165, 1.54) is 32.1 Å². The average molecular weight is 319 g/mol. The van der Waals surface area contributed by atoms with Gasteiger partial charge in [-0.3, -0.25) is 4.79 Å². The number of rotatable bonds is 8. The van der Waals surface area contributed by atoms with E-state index in [1.807, 2.05) is 12.1 Å². The van der Waals surface area contributed by atoms with E-state index in [0.717, 1.165) is 12.0 Å². The van der Waals surface area contributed by atoms with Gasteiger partial charge in [0.05, 0.1) is 0 Å². The number of carbonyl (C=O) groups is 2. The molecule has 5 nitrogen and oxygen atoms in total. The third-order valence-corrected chi connectivity index (χ3v) is 4.22. The summed E-state index contributed by atoms with van der Waals surface area (Å²) in [5, 5.41) is 11.5. The number of amides is 1. The molecule has 126 valence electrons. The highest BCUT2D eigenvalue weighted by atomic mass is 16.5. The fourth-order valence-corrected chi connectivity index (χ4v) is 2.97. The van der Waals surface area contributed by atoms with Gasteiger partial charge in [-0.2, -0.15) is 0 Å². The van der Waals surface area contributed by atoms with E-state index in [2.05, 4.69) is 5.32 Å². The minimum atomic E-state index is -0.991. The molecular formula is C18H25NO4. The van der Waals surface area contributed by atoms with E-state index in [4.69, 9.17) is 9.84 Å². The molecule has 0 unspecified atom stereocenters. The van der Waals surface area contributed by atoms with Crippen LogP contribution in [0, 0.1) is 5.92 Å². The number of benzene rings is 1. The van der Waals surface area contributed by atoms with Crippen molar-refractivity contribution in [2.24, 2.45) is 5.92 Å². The number of carbonyl (C=O) groups excluding carboxylic acids is 1. The Labute approximate surface area is 137 Å². The molecule has 0 bridgehead atoms. The first-order valence-electron chi connectivity index (χ1n) is 8.33. The zero-order valence-corrected chi connectivity index (χ0v) is 13.4. The molecule has 1 amide bonds. The normalized spacial score (nSPS) is 15.1. The monoisotopic (exact) mass is 319 g/mol. The molecule has 1 aromatic rings. The van der Waals surface area contributed by atoms with Crippen molar-refractivity contribution in [3.05, 3.63) is 29.8 Å². The molecule has 2 rings (SSSR count). The van der Waals surface area contributed by atoms with Crippen molar-refractivity contribution in [1.29, 1.82) is 0 Å². The van der Waals surface area contributed by atoms with Crippen molar-refractivity contribution in [3.63, 3.8) is 0 Å². The van der Waals surface area contributed by atoms with Crippen LogP contribution in [-0.4, -0.2) is 30.1 Å². The van der Waals surface area contributed by atoms with Crippen LogP contribution >= 0.6 is 0 Å². The smallest absolute Gasteiger partial charge is 0.341 e. The molecule has 0 aromatic heterocycles. The van der Waals surface area contributed by atoms with Crippen molar-refractivity contribution in [1.82, 2.24) is 5.32 Å². The predicted octanol–water partition coefficient (Wildman–Crippen LogP) is 2.78. The average Bonchev–Trinajstić information content (AvgIpc) is 2.55. The summed E-state index contributed by atoms with van der Waals surface area (Å²) in [6, 6.07) is 7.29. The van der Waals surface area contributed by atoms with Gasteiger partial charge in [0.15, 0.2) is 6.61 Å². The number of hydrogen-bond acceptors (Lipinski definition) is 3. The first-order chi connectivity index (χ1) is 11.1. The van der Waals surface area contributed by atoms with Gasteiger partial charge in [-0.05, 0) is 42.9 Å². The number of nitrogens with one attached hydrogen (secondary N) is 1. The Bertz CT molecular complexity index is 506. The zero-order valence-electron chi connectivity index (χ0n) is 13.4. The molecule has 1 fully saturated rings. The summed E-state index contributed by atoms with van der Waals surface area (Å²) in [5.41, 5.74) is 1.09. The van der Waals surface area contributed by atoms with Gasteiger partial charge < -0.3 is 15.2 Å². The standard InChI is InChI=1S/C18H25NO4/c20-17(12-15-4-2-1-3-5-15)19-11-10-14-6-8-16(9-7-14)23-13-18(21)22/h6-9,15H,1-5,10-13H2,(H,19,20)(H,21,22). The Kier molecular flexibility index (Phi) is 6.91. The van der Waals surface area contributed by atoms with Crippen molar-refractivity contribution >= 4 is 11.9 Å². The van der Waals surface area contributed by atoms with Crippen molar-refractivity contribution < 1.29 is 19.4 Å². The van der Waals surface area contributed by atoms with Crippen LogP contribution in [0.1, 0.15) is 44.1 Å². The molecule has 0 aliphatic heterocycles. The number of aliphatic carboxylic acids is 1. The lowest BCUT2D eigenvalue weighted by atomic mass is 9.87. The van der Waals surface area contributed by atoms with Gasteiger partial charge in [0.1, 0.15) is 5.75 Å². The van der Waals surface area contributed by atoms with Gasteiger partial charge in [0.25, 0.3) is 0 Å². The molecule has 0 heterocycles. The fraction of sp³-hybridized carbons (Fsp3) is 0.556. The first kappa shape index (κ1) is 17.3. The van der Waals surface area contributed by atoms with Crippen LogP contribution in [0.3, 0.4) is 0 Å². The highest BCUT2D eigenvalue weighted by Gasteiger charge is 2.16. The van der Waals surface area contributed by atoms with Crippen LogP contribution in [0.4, 0.5) is 0 Å². The zero-order chi connectivity index (χ0) is 16.5. The SMILES string of the molecule is O=C(O)COc1ccc(CCNC(=O)CC2CCCCC2)cc1. The lowest BCUT2D eigenvalue weighted by Gasteiger charge is -2.20. The van der Waals surface area contributed by atoms with E-state index >= 15 is 0 Å². The van der Waals surface area contributed by atoms with Crippen LogP contribution in [-0.2, 0) is 16.0 Å². The van der Waals surface area contributed by atoms with Crippen molar-refractivity contribution in [2.45, 2.75) is 44.9 Å². The quantitative estimate of drug-likeness (QED) is 0.772. The molecule has 23 heavy (non-hydrogen) atoms. The lowest BCUT2D eigenvalue weighted by Crippen LogP contribution is -2.28. The Morgan fingerprint density at radius 1 is 1.13 bits per heavy atom. The van der Waals surface area contributed by atoms with E-state index in [0.29, 0.717) is 24.6 Å². The van der Waals surface area contributed by atoms with Crippen LogP contribution in [0.2, 0.25) is 0 Å². The van der Waals surface area contributed by atoms with Gasteiger partial charge in [0.2, 0.25) is 5.91 Å². The third kappa shape index (κ3) is 6.72. The topological polar surface area (TPSA) is 75.6 Å². The molecule has 0 saturated heterocycles. The molecule has 2 N–H and O–H groups in total. The molecule has 1 aliphatic rings. The second-order valence-electron chi connectivity index (χ2n) is 6.13. The van der Waals surface area contributed by atoms with Gasteiger partial charge in [-0.25, -0.2) is 4.79 Å². The molecular weight excluding hydrogens is 294 g/mol. The molecule has 0 radical (unpaired) electrons. The maximum Gasteiger partial charge on any atom is 0.341 e. The van der Waals surface area contributed by atoms with Crippen LogP contribution in [0.15, 0.2) is 24.3 Å². The summed E-state index contributed by atoms with van der Waals surface area (Å²) in [4.78, 5) is 22.3. The number of ether oxygens (including phenoxy) is 1. The van der Waals surface area contributed by atoms with Crippen LogP contribution in [0.5, 0.6) is 5.75 Å². The second kappa shape index (κ2) is 9.18. The predicted molar refractivity (Wildman–Crippen MR) is 87.5 cm³/mol. The van der Waals surface area contributed by atoms with E-state index in [-0.39, 0.29) is 12.5 Å². The Morgan fingerprint density at radius 3 is 2.48 bits per heavy atom.